The lowest BCUT2D eigenvalue weighted by Gasteiger charge is -2.17. The molecule has 2 aromatic heterocycles. The molecule has 1 atom stereocenters. The number of imidazole rings is 1. The largest absolute Gasteiger partial charge is 0.466 e. The van der Waals surface area contributed by atoms with Crippen LogP contribution in [0.15, 0.2) is 41.7 Å². The summed E-state index contributed by atoms with van der Waals surface area (Å²) in [5.41, 5.74) is 2.02. The van der Waals surface area contributed by atoms with Crippen molar-refractivity contribution in [2.75, 3.05) is 7.11 Å². The highest BCUT2D eigenvalue weighted by Crippen LogP contribution is 2.43. The van der Waals surface area contributed by atoms with Gasteiger partial charge in [-0.05, 0) is 31.5 Å². The zero-order valence-corrected chi connectivity index (χ0v) is 21.7. The van der Waals surface area contributed by atoms with Gasteiger partial charge in [0.1, 0.15) is 11.9 Å². The van der Waals surface area contributed by atoms with Gasteiger partial charge in [-0.2, -0.15) is 0 Å². The van der Waals surface area contributed by atoms with E-state index in [4.69, 9.17) is 49.3 Å². The van der Waals surface area contributed by atoms with Gasteiger partial charge in [-0.15, -0.1) is 0 Å². The first-order valence-electron chi connectivity index (χ1n) is 11.3. The number of carbonyl (C=O) groups excluding carboxylic acids is 2. The van der Waals surface area contributed by atoms with Crippen molar-refractivity contribution in [3.05, 3.63) is 74.5 Å². The molecule has 0 saturated heterocycles. The van der Waals surface area contributed by atoms with Crippen LogP contribution in [0.2, 0.25) is 15.1 Å². The third-order valence-electron chi connectivity index (χ3n) is 6.26. The predicted octanol–water partition coefficient (Wildman–Crippen LogP) is 5.46. The molecule has 186 valence electrons. The van der Waals surface area contributed by atoms with Crippen LogP contribution >= 0.6 is 34.8 Å². The van der Waals surface area contributed by atoms with Crippen molar-refractivity contribution >= 4 is 52.5 Å². The molecule has 2 aliphatic rings. The number of aliphatic imine (C=N–C) groups is 1. The van der Waals surface area contributed by atoms with Crippen molar-refractivity contribution in [1.29, 1.82) is 0 Å². The first kappa shape index (κ1) is 24.7. The van der Waals surface area contributed by atoms with Crippen molar-refractivity contribution in [3.8, 4) is 5.69 Å². The SMILES string of the molecule is COC(=O)C1(OC(=O)CC[C@@H]2N=C(c3ccccn3)c3cc(Cl)c(Cl)c(Cl)c3-n3c(C)cnc32)CC1. The Balaban J connectivity index is 1.57. The third kappa shape index (κ3) is 4.27. The van der Waals surface area contributed by atoms with Gasteiger partial charge in [-0.3, -0.25) is 19.3 Å². The summed E-state index contributed by atoms with van der Waals surface area (Å²) in [6.45, 7) is 1.89. The van der Waals surface area contributed by atoms with Gasteiger partial charge >= 0.3 is 11.9 Å². The quantitative estimate of drug-likeness (QED) is 0.300. The Kier molecular flexibility index (Phi) is 6.53. The number of aryl methyl sites for hydroxylation is 1. The summed E-state index contributed by atoms with van der Waals surface area (Å²) in [4.78, 5) is 38.8. The van der Waals surface area contributed by atoms with Crippen LogP contribution in [-0.4, -0.2) is 44.9 Å². The maximum Gasteiger partial charge on any atom is 0.350 e. The van der Waals surface area contributed by atoms with E-state index in [2.05, 4.69) is 9.97 Å². The van der Waals surface area contributed by atoms with Gasteiger partial charge < -0.3 is 9.47 Å². The van der Waals surface area contributed by atoms with E-state index in [1.807, 2.05) is 23.6 Å². The molecule has 1 aliphatic heterocycles. The summed E-state index contributed by atoms with van der Waals surface area (Å²) in [7, 11) is 1.28. The van der Waals surface area contributed by atoms with Gasteiger partial charge in [0.2, 0.25) is 5.60 Å². The number of benzene rings is 1. The minimum absolute atomic E-state index is 0.0138. The Bertz CT molecular complexity index is 1400. The molecule has 0 spiro atoms. The number of hydrogen-bond donors (Lipinski definition) is 0. The van der Waals surface area contributed by atoms with Gasteiger partial charge in [0.25, 0.3) is 0 Å². The molecule has 8 nitrogen and oxygen atoms in total. The first-order valence-corrected chi connectivity index (χ1v) is 12.4. The Morgan fingerprint density at radius 1 is 1.17 bits per heavy atom. The van der Waals surface area contributed by atoms with Gasteiger partial charge in [0, 0.05) is 42.9 Å². The number of pyridine rings is 1. The molecule has 0 unspecified atom stereocenters. The van der Waals surface area contributed by atoms with Gasteiger partial charge in [0.05, 0.1) is 39.3 Å². The van der Waals surface area contributed by atoms with Crippen molar-refractivity contribution in [3.63, 3.8) is 0 Å². The Labute approximate surface area is 222 Å². The van der Waals surface area contributed by atoms with E-state index in [0.29, 0.717) is 41.3 Å². The van der Waals surface area contributed by atoms with Gasteiger partial charge in [-0.25, -0.2) is 9.78 Å². The number of carbonyl (C=O) groups is 2. The topological polar surface area (TPSA) is 95.7 Å². The molecule has 3 heterocycles. The number of aromatic nitrogens is 3. The maximum absolute atomic E-state index is 12.7. The van der Waals surface area contributed by atoms with Crippen LogP contribution in [0.5, 0.6) is 0 Å². The van der Waals surface area contributed by atoms with E-state index in [1.54, 1.807) is 24.5 Å². The maximum atomic E-state index is 12.7. The number of methoxy groups -OCH3 is 1. The van der Waals surface area contributed by atoms with Crippen LogP contribution in [0, 0.1) is 6.92 Å². The van der Waals surface area contributed by atoms with Crippen LogP contribution < -0.4 is 0 Å². The highest BCUT2D eigenvalue weighted by atomic mass is 35.5. The standard InChI is InChI=1S/C25H21Cl3N4O4/c1-13-12-30-23-17(6-7-18(33)36-25(8-9-25)24(34)35-2)31-21(16-5-3-4-10-29-16)14-11-15(26)19(27)20(28)22(14)32(13)23/h3-5,10-12,17H,6-9H2,1-2H3/t17-/m0/s1. The highest BCUT2D eigenvalue weighted by Gasteiger charge is 2.55. The molecule has 0 bridgehead atoms. The second kappa shape index (κ2) is 9.50. The molecule has 1 fully saturated rings. The lowest BCUT2D eigenvalue weighted by atomic mass is 10.0. The summed E-state index contributed by atoms with van der Waals surface area (Å²) in [5, 5.41) is 0.762. The lowest BCUT2D eigenvalue weighted by Crippen LogP contribution is -2.30. The van der Waals surface area contributed by atoms with Crippen LogP contribution in [0.1, 0.15) is 54.5 Å². The van der Waals surface area contributed by atoms with E-state index in [-0.39, 0.29) is 27.9 Å². The fourth-order valence-electron chi connectivity index (χ4n) is 4.32. The fraction of sp³-hybridized carbons (Fsp3) is 0.320. The predicted molar refractivity (Wildman–Crippen MR) is 135 cm³/mol. The average Bonchev–Trinajstić information content (AvgIpc) is 3.59. The van der Waals surface area contributed by atoms with E-state index >= 15 is 0 Å². The Morgan fingerprint density at radius 2 is 1.94 bits per heavy atom. The zero-order valence-electron chi connectivity index (χ0n) is 19.4. The van der Waals surface area contributed by atoms with Crippen LogP contribution in [0.25, 0.3) is 5.69 Å². The second-order valence-corrected chi connectivity index (χ2v) is 9.85. The van der Waals surface area contributed by atoms with E-state index in [9.17, 15) is 9.59 Å². The summed E-state index contributed by atoms with van der Waals surface area (Å²) in [6.07, 6.45) is 4.57. The minimum atomic E-state index is -1.16. The van der Waals surface area contributed by atoms with Gasteiger partial charge in [0.15, 0.2) is 0 Å². The first-order chi connectivity index (χ1) is 17.3. The number of rotatable bonds is 6. The van der Waals surface area contributed by atoms with Crippen molar-refractivity contribution in [2.24, 2.45) is 4.99 Å². The van der Waals surface area contributed by atoms with Crippen molar-refractivity contribution in [1.82, 2.24) is 14.5 Å². The van der Waals surface area contributed by atoms with E-state index in [1.165, 1.54) is 7.11 Å². The van der Waals surface area contributed by atoms with Gasteiger partial charge in [-0.1, -0.05) is 40.9 Å². The molecule has 11 heteroatoms. The number of fused-ring (bicyclic) bond motifs is 3. The Morgan fingerprint density at radius 3 is 2.61 bits per heavy atom. The third-order valence-corrected chi connectivity index (χ3v) is 7.52. The number of esters is 2. The monoisotopic (exact) mass is 546 g/mol. The molecule has 0 radical (unpaired) electrons. The van der Waals surface area contributed by atoms with Crippen LogP contribution in [0.4, 0.5) is 0 Å². The smallest absolute Gasteiger partial charge is 0.350 e. The summed E-state index contributed by atoms with van der Waals surface area (Å²) >= 11 is 19.6. The number of ether oxygens (including phenoxy) is 2. The molecule has 1 aromatic carbocycles. The molecule has 0 N–H and O–H groups in total. The molecule has 5 rings (SSSR count). The van der Waals surface area contributed by atoms with Crippen molar-refractivity contribution in [2.45, 2.75) is 44.2 Å². The summed E-state index contributed by atoms with van der Waals surface area (Å²) < 4.78 is 12.1. The van der Waals surface area contributed by atoms with Crippen molar-refractivity contribution < 1.29 is 19.1 Å². The second-order valence-electron chi connectivity index (χ2n) is 8.68. The minimum Gasteiger partial charge on any atom is -0.466 e. The summed E-state index contributed by atoms with van der Waals surface area (Å²) in [5.74, 6) is -0.458. The molecule has 1 aliphatic carbocycles. The van der Waals surface area contributed by atoms with E-state index in [0.717, 1.165) is 5.69 Å². The summed E-state index contributed by atoms with van der Waals surface area (Å²) in [6, 6.07) is 6.66. The molecule has 0 amide bonds. The normalized spacial score (nSPS) is 17.4. The fourth-order valence-corrected chi connectivity index (χ4v) is 5.01. The zero-order chi connectivity index (χ0) is 25.6. The molecule has 3 aromatic rings. The number of hydrogen-bond acceptors (Lipinski definition) is 7. The van der Waals surface area contributed by atoms with E-state index < -0.39 is 23.6 Å². The molecular weight excluding hydrogens is 527 g/mol. The molecule has 1 saturated carbocycles. The number of halogens is 3. The Hall–Kier alpha value is -2.94. The molecular formula is C25H21Cl3N4O4. The van der Waals surface area contributed by atoms with Crippen LogP contribution in [0.3, 0.4) is 0 Å². The van der Waals surface area contributed by atoms with Crippen LogP contribution in [-0.2, 0) is 19.1 Å². The average molecular weight is 548 g/mol. The highest BCUT2D eigenvalue weighted by molar-refractivity contribution is 6.49. The lowest BCUT2D eigenvalue weighted by molar-refractivity contribution is -0.169. The number of nitrogens with zero attached hydrogens (tertiary/aromatic N) is 4. The molecule has 36 heavy (non-hydrogen) atoms.